The van der Waals surface area contributed by atoms with Crippen LogP contribution in [0.15, 0.2) is 36.4 Å². The van der Waals surface area contributed by atoms with E-state index in [1.54, 1.807) is 6.92 Å². The zero-order valence-corrected chi connectivity index (χ0v) is 16.5. The number of aryl methyl sites for hydroxylation is 1. The first-order chi connectivity index (χ1) is 13.5. The Bertz CT molecular complexity index is 1040. The van der Waals surface area contributed by atoms with Crippen molar-refractivity contribution in [3.63, 3.8) is 0 Å². The standard InChI is InChI=1S/C18H19F2N3O5S/c1-12-5-6-14(23(25)26)11-17(12)21-18(24)4-3-9-22(29(2,27)28)13-7-8-15(19)16(20)10-13/h5-8,10-11H,3-4,9H2,1-2H3,(H,21,24). The molecular formula is C18H19F2N3O5S. The summed E-state index contributed by atoms with van der Waals surface area (Å²) >= 11 is 0. The Morgan fingerprint density at radius 2 is 1.86 bits per heavy atom. The molecule has 0 aliphatic rings. The highest BCUT2D eigenvalue weighted by Crippen LogP contribution is 2.23. The second kappa shape index (κ2) is 8.95. The molecule has 156 valence electrons. The topological polar surface area (TPSA) is 110 Å². The SMILES string of the molecule is Cc1ccc([N+](=O)[O-])cc1NC(=O)CCCN(c1ccc(F)c(F)c1)S(C)(=O)=O. The van der Waals surface area contributed by atoms with E-state index in [2.05, 4.69) is 5.32 Å². The third-order valence-electron chi connectivity index (χ3n) is 4.06. The number of benzene rings is 2. The number of nitro groups is 1. The normalized spacial score (nSPS) is 11.2. The average molecular weight is 427 g/mol. The van der Waals surface area contributed by atoms with Gasteiger partial charge in [0.05, 0.1) is 22.6 Å². The summed E-state index contributed by atoms with van der Waals surface area (Å²) in [6, 6.07) is 6.77. The summed E-state index contributed by atoms with van der Waals surface area (Å²) < 4.78 is 51.4. The van der Waals surface area contributed by atoms with Crippen molar-refractivity contribution in [2.75, 3.05) is 22.4 Å². The number of nitro benzene ring substituents is 1. The number of carbonyl (C=O) groups excluding carboxylic acids is 1. The van der Waals surface area contributed by atoms with Gasteiger partial charge in [0.15, 0.2) is 11.6 Å². The summed E-state index contributed by atoms with van der Waals surface area (Å²) in [5.74, 6) is -2.75. The Balaban J connectivity index is 2.04. The van der Waals surface area contributed by atoms with Gasteiger partial charge in [-0.3, -0.25) is 19.2 Å². The van der Waals surface area contributed by atoms with Crippen molar-refractivity contribution in [1.29, 1.82) is 0 Å². The molecular weight excluding hydrogens is 408 g/mol. The van der Waals surface area contributed by atoms with Gasteiger partial charge in [0.2, 0.25) is 15.9 Å². The van der Waals surface area contributed by atoms with Gasteiger partial charge >= 0.3 is 0 Å². The summed E-state index contributed by atoms with van der Waals surface area (Å²) in [6.07, 6.45) is 0.921. The fourth-order valence-electron chi connectivity index (χ4n) is 2.58. The minimum Gasteiger partial charge on any atom is -0.326 e. The van der Waals surface area contributed by atoms with Crippen LogP contribution in [0.2, 0.25) is 0 Å². The molecule has 0 bridgehead atoms. The summed E-state index contributed by atoms with van der Waals surface area (Å²) in [7, 11) is -3.79. The molecule has 0 heterocycles. The van der Waals surface area contributed by atoms with Crippen molar-refractivity contribution in [3.8, 4) is 0 Å². The minimum absolute atomic E-state index is 0.0543. The zero-order valence-electron chi connectivity index (χ0n) is 15.7. The molecule has 8 nitrogen and oxygen atoms in total. The number of sulfonamides is 1. The number of carbonyl (C=O) groups is 1. The molecule has 0 radical (unpaired) electrons. The fraction of sp³-hybridized carbons (Fsp3) is 0.278. The van der Waals surface area contributed by atoms with Crippen LogP contribution < -0.4 is 9.62 Å². The maximum Gasteiger partial charge on any atom is 0.271 e. The first-order valence-electron chi connectivity index (χ1n) is 8.46. The Kier molecular flexibility index (Phi) is 6.85. The fourth-order valence-corrected chi connectivity index (χ4v) is 3.54. The molecule has 1 N–H and O–H groups in total. The Morgan fingerprint density at radius 1 is 1.17 bits per heavy atom. The maximum atomic E-state index is 13.4. The van der Waals surface area contributed by atoms with Gasteiger partial charge in [-0.1, -0.05) is 6.07 Å². The van der Waals surface area contributed by atoms with Crippen LogP contribution in [0.3, 0.4) is 0 Å². The molecule has 0 unspecified atom stereocenters. The number of non-ortho nitro benzene ring substituents is 1. The first kappa shape index (κ1) is 22.2. The van der Waals surface area contributed by atoms with E-state index in [4.69, 9.17) is 0 Å². The number of hydrogen-bond acceptors (Lipinski definition) is 5. The van der Waals surface area contributed by atoms with Gasteiger partial charge in [-0.2, -0.15) is 0 Å². The van der Waals surface area contributed by atoms with Gasteiger partial charge in [0.25, 0.3) is 5.69 Å². The number of nitrogens with one attached hydrogen (secondary N) is 1. The first-order valence-corrected chi connectivity index (χ1v) is 10.3. The van der Waals surface area contributed by atoms with E-state index in [1.165, 1.54) is 18.2 Å². The number of anilines is 2. The van der Waals surface area contributed by atoms with Crippen LogP contribution in [-0.2, 0) is 14.8 Å². The molecule has 2 rings (SSSR count). The lowest BCUT2D eigenvalue weighted by atomic mass is 10.1. The van der Waals surface area contributed by atoms with E-state index >= 15 is 0 Å². The lowest BCUT2D eigenvalue weighted by molar-refractivity contribution is -0.384. The molecule has 0 aliphatic carbocycles. The van der Waals surface area contributed by atoms with Gasteiger partial charge < -0.3 is 5.32 Å². The number of hydrogen-bond donors (Lipinski definition) is 1. The average Bonchev–Trinajstić information content (AvgIpc) is 2.62. The number of rotatable bonds is 8. The van der Waals surface area contributed by atoms with Crippen LogP contribution in [0.4, 0.5) is 25.8 Å². The Labute approximate surface area is 166 Å². The maximum absolute atomic E-state index is 13.4. The van der Waals surface area contributed by atoms with Gasteiger partial charge in [-0.25, -0.2) is 17.2 Å². The quantitative estimate of drug-likeness (QED) is 0.513. The summed E-state index contributed by atoms with van der Waals surface area (Å²) in [4.78, 5) is 22.4. The van der Waals surface area contributed by atoms with Crippen LogP contribution in [0.1, 0.15) is 18.4 Å². The number of amides is 1. The molecule has 0 atom stereocenters. The molecule has 0 aromatic heterocycles. The lowest BCUT2D eigenvalue weighted by Crippen LogP contribution is -2.31. The molecule has 2 aromatic rings. The molecule has 0 spiro atoms. The van der Waals surface area contributed by atoms with Crippen LogP contribution in [-0.4, -0.2) is 32.0 Å². The minimum atomic E-state index is -3.79. The zero-order chi connectivity index (χ0) is 21.8. The van der Waals surface area contributed by atoms with Gasteiger partial charge in [-0.15, -0.1) is 0 Å². The molecule has 0 saturated heterocycles. The molecule has 0 aliphatic heterocycles. The summed E-state index contributed by atoms with van der Waals surface area (Å²) in [6.45, 7) is 1.54. The molecule has 29 heavy (non-hydrogen) atoms. The van der Waals surface area contributed by atoms with E-state index in [1.807, 2.05) is 0 Å². The van der Waals surface area contributed by atoms with Crippen molar-refractivity contribution in [1.82, 2.24) is 0 Å². The van der Waals surface area contributed by atoms with Crippen molar-refractivity contribution in [3.05, 3.63) is 63.7 Å². The molecule has 0 fully saturated rings. The molecule has 11 heteroatoms. The van der Waals surface area contributed by atoms with E-state index in [9.17, 15) is 32.1 Å². The van der Waals surface area contributed by atoms with E-state index < -0.39 is 32.5 Å². The number of halogens is 2. The third-order valence-corrected chi connectivity index (χ3v) is 5.26. The Morgan fingerprint density at radius 3 is 2.45 bits per heavy atom. The Hall–Kier alpha value is -3.08. The van der Waals surface area contributed by atoms with Crippen LogP contribution in [0.5, 0.6) is 0 Å². The van der Waals surface area contributed by atoms with Gasteiger partial charge in [0, 0.05) is 31.2 Å². The highest BCUT2D eigenvalue weighted by Gasteiger charge is 2.19. The predicted octanol–water partition coefficient (Wildman–Crippen LogP) is 3.37. The van der Waals surface area contributed by atoms with Crippen LogP contribution in [0.25, 0.3) is 0 Å². The van der Waals surface area contributed by atoms with Crippen LogP contribution in [0, 0.1) is 28.7 Å². The summed E-state index contributed by atoms with van der Waals surface area (Å²) in [5.41, 5.74) is 0.682. The van der Waals surface area contributed by atoms with Crippen molar-refractivity contribution < 1.29 is 26.9 Å². The highest BCUT2D eigenvalue weighted by atomic mass is 32.2. The lowest BCUT2D eigenvalue weighted by Gasteiger charge is -2.22. The van der Waals surface area contributed by atoms with E-state index in [0.717, 1.165) is 28.8 Å². The molecule has 2 aromatic carbocycles. The van der Waals surface area contributed by atoms with Crippen LogP contribution >= 0.6 is 0 Å². The largest absolute Gasteiger partial charge is 0.326 e. The van der Waals surface area contributed by atoms with Gasteiger partial charge in [-0.05, 0) is 31.0 Å². The number of nitrogens with zero attached hydrogens (tertiary/aromatic N) is 2. The monoisotopic (exact) mass is 427 g/mol. The third kappa shape index (κ3) is 5.95. The smallest absolute Gasteiger partial charge is 0.271 e. The molecule has 0 saturated carbocycles. The predicted molar refractivity (Wildman–Crippen MR) is 104 cm³/mol. The molecule has 1 amide bonds. The highest BCUT2D eigenvalue weighted by molar-refractivity contribution is 7.92. The van der Waals surface area contributed by atoms with Crippen molar-refractivity contribution in [2.24, 2.45) is 0 Å². The van der Waals surface area contributed by atoms with E-state index in [-0.39, 0.29) is 36.4 Å². The summed E-state index contributed by atoms with van der Waals surface area (Å²) in [5, 5.41) is 13.4. The van der Waals surface area contributed by atoms with E-state index in [0.29, 0.717) is 5.56 Å². The van der Waals surface area contributed by atoms with Crippen molar-refractivity contribution >= 4 is 33.0 Å². The second-order valence-electron chi connectivity index (χ2n) is 6.34. The second-order valence-corrected chi connectivity index (χ2v) is 8.25. The van der Waals surface area contributed by atoms with Crippen molar-refractivity contribution in [2.45, 2.75) is 19.8 Å². The van der Waals surface area contributed by atoms with Gasteiger partial charge in [0.1, 0.15) is 0 Å².